The van der Waals surface area contributed by atoms with Gasteiger partial charge in [-0.3, -0.25) is 9.35 Å². The highest BCUT2D eigenvalue weighted by Crippen LogP contribution is 2.79. The molecule has 1 aliphatic rings. The predicted octanol–water partition coefficient (Wildman–Crippen LogP) is 0.544. The summed E-state index contributed by atoms with van der Waals surface area (Å²) in [6.45, 7) is -1.16. The topological polar surface area (TPSA) is 209 Å². The van der Waals surface area contributed by atoms with Gasteiger partial charge in [-0.05, 0) is 6.42 Å². The zero-order valence-electron chi connectivity index (χ0n) is 10.9. The Labute approximate surface area is 129 Å². The van der Waals surface area contributed by atoms with Crippen LogP contribution in [0.25, 0.3) is 0 Å². The Morgan fingerprint density at radius 3 is 2.04 bits per heavy atom. The van der Waals surface area contributed by atoms with Gasteiger partial charge in [0, 0.05) is 6.42 Å². The Morgan fingerprint density at radius 2 is 1.57 bits per heavy atom. The van der Waals surface area contributed by atoms with Gasteiger partial charge in [0.15, 0.2) is 0 Å². The summed E-state index contributed by atoms with van der Waals surface area (Å²) in [5, 5.41) is 0. The zero-order valence-corrected chi connectivity index (χ0v) is 14.4. The van der Waals surface area contributed by atoms with E-state index in [4.69, 9.17) is 14.3 Å². The summed E-state index contributed by atoms with van der Waals surface area (Å²) < 4.78 is 82.9. The van der Waals surface area contributed by atoms with E-state index in [1.54, 1.807) is 0 Å². The molecule has 0 radical (unpaired) electrons. The summed E-state index contributed by atoms with van der Waals surface area (Å²) in [5.74, 6) is -1.75. The van der Waals surface area contributed by atoms with Crippen LogP contribution in [-0.4, -0.2) is 41.3 Å². The maximum absolute atomic E-state index is 11.7. The summed E-state index contributed by atoms with van der Waals surface area (Å²) in [5.41, 5.74) is 0. The van der Waals surface area contributed by atoms with Crippen LogP contribution >= 0.6 is 23.5 Å². The fraction of sp³-hybridized carbons (Fsp3) is 0.800. The van der Waals surface area contributed by atoms with Gasteiger partial charge in [-0.2, -0.15) is 21.3 Å². The Morgan fingerprint density at radius 1 is 1.04 bits per heavy atom. The molecule has 1 fully saturated rings. The minimum absolute atomic E-state index is 0.284. The van der Waals surface area contributed by atoms with Crippen molar-refractivity contribution < 1.29 is 63.4 Å². The van der Waals surface area contributed by atoms with Crippen LogP contribution in [-0.2, 0) is 50.8 Å². The fourth-order valence-electron chi connectivity index (χ4n) is 1.10. The average Bonchev–Trinajstić information content (AvgIpc) is 2.20. The second-order valence-corrected chi connectivity index (χ2v) is 10.3. The van der Waals surface area contributed by atoms with Crippen LogP contribution in [0.2, 0.25) is 0 Å². The largest absolute Gasteiger partial charge is 0.495 e. The first-order valence-corrected chi connectivity index (χ1v) is 11.4. The number of carbonyl (C=O) groups excluding carboxylic acids is 1. The van der Waals surface area contributed by atoms with Crippen molar-refractivity contribution in [3.05, 3.63) is 0 Å². The molecule has 2 unspecified atom stereocenters. The smallest absolute Gasteiger partial charge is 0.438 e. The van der Waals surface area contributed by atoms with E-state index in [2.05, 4.69) is 22.2 Å². The lowest BCUT2D eigenvalue weighted by atomic mass is 10.3. The lowest BCUT2D eigenvalue weighted by Gasteiger charge is -2.26. The predicted molar refractivity (Wildman–Crippen MR) is 68.2 cm³/mol. The van der Waals surface area contributed by atoms with Gasteiger partial charge in [-0.15, -0.1) is 0 Å². The molecule has 14 nitrogen and oxygen atoms in total. The molecule has 23 heavy (non-hydrogen) atoms. The fourth-order valence-corrected chi connectivity index (χ4v) is 6.40. The molecule has 3 N–H and O–H groups in total. The highest BCUT2D eigenvalue weighted by atomic mass is 32.2. The number of carbonyl (C=O) groups is 1. The molecule has 0 aromatic heterocycles. The Kier molecular flexibility index (Phi) is 6.70. The van der Waals surface area contributed by atoms with Crippen LogP contribution in [0.15, 0.2) is 0 Å². The molecule has 0 spiro atoms. The molecule has 0 amide bonds. The van der Waals surface area contributed by atoms with E-state index in [9.17, 15) is 26.9 Å². The second kappa shape index (κ2) is 7.38. The highest BCUT2D eigenvalue weighted by Gasteiger charge is 2.54. The number of rotatable bonds is 7. The van der Waals surface area contributed by atoms with E-state index in [1.165, 1.54) is 0 Å². The standard InChI is InChI=1S/C5H11O14P3S/c6-5(2-1-3-23(12,13)14)15-4-16-22(11)18-20(7,8)17-21(9,10)19-22/h1-4H2,(H,7,8)(H,9,10)(H,12,13,14). The molecule has 0 aromatic rings. The molecule has 136 valence electrons. The van der Waals surface area contributed by atoms with Crippen molar-refractivity contribution in [2.75, 3.05) is 12.5 Å². The minimum Gasteiger partial charge on any atom is -0.438 e. The van der Waals surface area contributed by atoms with E-state index >= 15 is 0 Å². The summed E-state index contributed by atoms with van der Waals surface area (Å²) in [7, 11) is -19.7. The third-order valence-electron chi connectivity index (χ3n) is 1.83. The van der Waals surface area contributed by atoms with Crippen molar-refractivity contribution in [1.82, 2.24) is 0 Å². The molecule has 1 aliphatic heterocycles. The first-order valence-electron chi connectivity index (χ1n) is 5.37. The van der Waals surface area contributed by atoms with Crippen LogP contribution in [0.3, 0.4) is 0 Å². The molecule has 2 atom stereocenters. The number of ether oxygens (including phenoxy) is 1. The normalized spacial score (nSPS) is 34.9. The molecule has 1 rings (SSSR count). The third-order valence-corrected chi connectivity index (χ3v) is 7.95. The number of hydrogen-bond acceptors (Lipinski definition) is 11. The molecule has 0 bridgehead atoms. The molecular formula is C5H11O14P3S. The summed E-state index contributed by atoms with van der Waals surface area (Å²) in [6.07, 6.45) is -0.747. The zero-order chi connectivity index (χ0) is 17.9. The van der Waals surface area contributed by atoms with Gasteiger partial charge in [0.2, 0.25) is 6.79 Å². The van der Waals surface area contributed by atoms with Crippen molar-refractivity contribution in [3.8, 4) is 0 Å². The van der Waals surface area contributed by atoms with Crippen molar-refractivity contribution >= 4 is 39.6 Å². The van der Waals surface area contributed by atoms with E-state index in [-0.39, 0.29) is 6.42 Å². The van der Waals surface area contributed by atoms with Crippen molar-refractivity contribution in [2.24, 2.45) is 0 Å². The van der Waals surface area contributed by atoms with Crippen molar-refractivity contribution in [3.63, 3.8) is 0 Å². The van der Waals surface area contributed by atoms with Gasteiger partial charge < -0.3 is 14.5 Å². The summed E-state index contributed by atoms with van der Waals surface area (Å²) >= 11 is 0. The number of hydrogen-bond donors (Lipinski definition) is 3. The maximum Gasteiger partial charge on any atom is 0.495 e. The third kappa shape index (κ3) is 8.47. The first kappa shape index (κ1) is 20.9. The van der Waals surface area contributed by atoms with Gasteiger partial charge in [0.1, 0.15) is 0 Å². The number of esters is 1. The molecule has 0 aliphatic carbocycles. The second-order valence-electron chi connectivity index (χ2n) is 3.78. The molecule has 0 aromatic carbocycles. The monoisotopic (exact) mass is 420 g/mol. The van der Waals surface area contributed by atoms with Crippen LogP contribution < -0.4 is 0 Å². The van der Waals surface area contributed by atoms with Gasteiger partial charge >= 0.3 is 29.4 Å². The SMILES string of the molecule is O=C(CCCS(=O)(=O)O)OCOP1(=O)OP(=O)(O)OP(=O)(O)O1. The van der Waals surface area contributed by atoms with Crippen LogP contribution in [0.4, 0.5) is 0 Å². The van der Waals surface area contributed by atoms with Gasteiger partial charge in [0.25, 0.3) is 10.1 Å². The van der Waals surface area contributed by atoms with E-state index < -0.39 is 58.5 Å². The Bertz CT molecular complexity index is 667. The molecular weight excluding hydrogens is 409 g/mol. The lowest BCUT2D eigenvalue weighted by molar-refractivity contribution is -0.150. The molecule has 1 saturated heterocycles. The molecule has 18 heteroatoms. The van der Waals surface area contributed by atoms with Crippen LogP contribution in [0.5, 0.6) is 0 Å². The lowest BCUT2D eigenvalue weighted by Crippen LogP contribution is -2.12. The molecule has 1 heterocycles. The van der Waals surface area contributed by atoms with E-state index in [1.807, 2.05) is 0 Å². The Balaban J connectivity index is 2.45. The average molecular weight is 420 g/mol. The van der Waals surface area contributed by atoms with Gasteiger partial charge in [-0.25, -0.2) is 18.2 Å². The van der Waals surface area contributed by atoms with E-state index in [0.717, 1.165) is 0 Å². The maximum atomic E-state index is 11.7. The Hall–Kier alpha value is -0.170. The van der Waals surface area contributed by atoms with Crippen molar-refractivity contribution in [1.29, 1.82) is 0 Å². The van der Waals surface area contributed by atoms with Crippen molar-refractivity contribution in [2.45, 2.75) is 12.8 Å². The van der Waals surface area contributed by atoms with Crippen LogP contribution in [0.1, 0.15) is 12.8 Å². The first-order chi connectivity index (χ1) is 10.2. The quantitative estimate of drug-likeness (QED) is 0.222. The number of phosphoric acid groups is 3. The highest BCUT2D eigenvalue weighted by molar-refractivity contribution is 7.85. The van der Waals surface area contributed by atoms with Gasteiger partial charge in [0.05, 0.1) is 5.75 Å². The van der Waals surface area contributed by atoms with Gasteiger partial charge in [-0.1, -0.05) is 0 Å². The summed E-state index contributed by atoms with van der Waals surface area (Å²) in [6, 6.07) is 0. The van der Waals surface area contributed by atoms with E-state index in [0.29, 0.717) is 0 Å². The van der Waals surface area contributed by atoms with Crippen LogP contribution in [0, 0.1) is 0 Å². The summed E-state index contributed by atoms with van der Waals surface area (Å²) in [4.78, 5) is 29.0. The molecule has 0 saturated carbocycles. The minimum atomic E-state index is -5.19.